The predicted molar refractivity (Wildman–Crippen MR) is 74.7 cm³/mol. The number of ether oxygens (including phenoxy) is 1. The summed E-state index contributed by atoms with van der Waals surface area (Å²) in [6.45, 7) is 2.88. The topological polar surface area (TPSA) is 76.5 Å². The van der Waals surface area contributed by atoms with Gasteiger partial charge in [-0.3, -0.25) is 14.4 Å². The van der Waals surface area contributed by atoms with Crippen molar-refractivity contribution in [2.45, 2.75) is 32.2 Å². The molecule has 2 heterocycles. The molecule has 1 atom stereocenters. The van der Waals surface area contributed by atoms with Crippen molar-refractivity contribution in [3.8, 4) is 0 Å². The first-order valence-electron chi connectivity index (χ1n) is 7.29. The maximum atomic E-state index is 12.2. The van der Waals surface area contributed by atoms with Gasteiger partial charge >= 0.3 is 6.09 Å². The van der Waals surface area contributed by atoms with Crippen molar-refractivity contribution in [1.82, 2.24) is 20.0 Å². The lowest BCUT2D eigenvalue weighted by molar-refractivity contribution is -0.122. The van der Waals surface area contributed by atoms with Crippen molar-refractivity contribution in [1.29, 1.82) is 0 Å². The van der Waals surface area contributed by atoms with Gasteiger partial charge in [0.2, 0.25) is 5.91 Å². The van der Waals surface area contributed by atoms with Crippen molar-refractivity contribution in [3.05, 3.63) is 17.0 Å². The molecule has 1 N–H and O–H groups in total. The number of cyclic esters (lactones) is 1. The van der Waals surface area contributed by atoms with E-state index in [0.29, 0.717) is 13.2 Å². The Bertz CT molecular complexity index is 581. The number of rotatable bonds is 3. The van der Waals surface area contributed by atoms with Gasteiger partial charge in [0.15, 0.2) is 0 Å². The molecule has 0 aromatic carbocycles. The summed E-state index contributed by atoms with van der Waals surface area (Å²) in [6.07, 6.45) is 2.53. The van der Waals surface area contributed by atoms with E-state index in [1.54, 1.807) is 0 Å². The standard InChI is InChI=1S/C14H20N4O3/c1-9-13-10(4-3-5-11(13)17(2)16-9)15-12(19)8-18-6-7-21-14(18)20/h10H,3-8H2,1-2H3,(H,15,19). The lowest BCUT2D eigenvalue weighted by atomic mass is 9.91. The molecule has 2 aliphatic rings. The Morgan fingerprint density at radius 1 is 1.52 bits per heavy atom. The summed E-state index contributed by atoms with van der Waals surface area (Å²) in [5, 5.41) is 7.48. The van der Waals surface area contributed by atoms with Gasteiger partial charge in [-0.25, -0.2) is 4.79 Å². The zero-order chi connectivity index (χ0) is 15.0. The van der Waals surface area contributed by atoms with Crippen molar-refractivity contribution in [2.75, 3.05) is 19.7 Å². The smallest absolute Gasteiger partial charge is 0.410 e. The molecule has 1 aliphatic heterocycles. The summed E-state index contributed by atoms with van der Waals surface area (Å²) in [5.74, 6) is -0.144. The van der Waals surface area contributed by atoms with Crippen LogP contribution >= 0.6 is 0 Å². The van der Waals surface area contributed by atoms with E-state index in [9.17, 15) is 9.59 Å². The molecule has 0 saturated carbocycles. The molecule has 1 aromatic rings. The van der Waals surface area contributed by atoms with Gasteiger partial charge in [0.05, 0.1) is 18.3 Å². The van der Waals surface area contributed by atoms with Gasteiger partial charge in [-0.2, -0.15) is 5.10 Å². The number of fused-ring (bicyclic) bond motifs is 1. The first-order valence-corrected chi connectivity index (χ1v) is 7.29. The van der Waals surface area contributed by atoms with Crippen molar-refractivity contribution in [2.24, 2.45) is 7.05 Å². The first kappa shape index (κ1) is 13.9. The van der Waals surface area contributed by atoms with Crippen LogP contribution in [0.2, 0.25) is 0 Å². The molecule has 1 fully saturated rings. The van der Waals surface area contributed by atoms with Crippen molar-refractivity contribution >= 4 is 12.0 Å². The van der Waals surface area contributed by atoms with Gasteiger partial charge in [-0.1, -0.05) is 0 Å². The maximum absolute atomic E-state index is 12.2. The summed E-state index contributed by atoms with van der Waals surface area (Å²) < 4.78 is 6.73. The zero-order valence-electron chi connectivity index (χ0n) is 12.4. The molecule has 114 valence electrons. The molecule has 1 aliphatic carbocycles. The molecule has 0 spiro atoms. The van der Waals surface area contributed by atoms with E-state index < -0.39 is 6.09 Å². The Morgan fingerprint density at radius 3 is 3.05 bits per heavy atom. The van der Waals surface area contributed by atoms with Crippen LogP contribution in [-0.4, -0.2) is 46.4 Å². The van der Waals surface area contributed by atoms with Crippen LogP contribution in [0.15, 0.2) is 0 Å². The fraction of sp³-hybridized carbons (Fsp3) is 0.643. The molecule has 1 unspecified atom stereocenters. The Labute approximate surface area is 123 Å². The van der Waals surface area contributed by atoms with Crippen LogP contribution in [0.25, 0.3) is 0 Å². The first-order chi connectivity index (χ1) is 10.1. The van der Waals surface area contributed by atoms with E-state index in [0.717, 1.165) is 30.5 Å². The number of amides is 2. The Kier molecular flexibility index (Phi) is 3.57. The van der Waals surface area contributed by atoms with Gasteiger partial charge in [-0.15, -0.1) is 0 Å². The van der Waals surface area contributed by atoms with Gasteiger partial charge < -0.3 is 10.1 Å². The molecule has 7 heteroatoms. The lowest BCUT2D eigenvalue weighted by Crippen LogP contribution is -2.40. The second kappa shape index (κ2) is 5.38. The number of hydrogen-bond donors (Lipinski definition) is 1. The zero-order valence-corrected chi connectivity index (χ0v) is 12.4. The minimum absolute atomic E-state index is 0.00595. The van der Waals surface area contributed by atoms with Crippen LogP contribution in [0, 0.1) is 6.92 Å². The van der Waals surface area contributed by atoms with Crippen molar-refractivity contribution in [3.63, 3.8) is 0 Å². The highest BCUT2D eigenvalue weighted by molar-refractivity contribution is 5.83. The third-order valence-corrected chi connectivity index (χ3v) is 4.16. The van der Waals surface area contributed by atoms with Crippen LogP contribution < -0.4 is 5.32 Å². The van der Waals surface area contributed by atoms with E-state index in [2.05, 4.69) is 10.4 Å². The van der Waals surface area contributed by atoms with Crippen LogP contribution in [0.3, 0.4) is 0 Å². The Morgan fingerprint density at radius 2 is 2.33 bits per heavy atom. The average Bonchev–Trinajstić information content (AvgIpc) is 2.95. The Hall–Kier alpha value is -2.05. The molecule has 2 amide bonds. The second-order valence-electron chi connectivity index (χ2n) is 5.62. The molecule has 0 radical (unpaired) electrons. The van der Waals surface area contributed by atoms with Crippen molar-refractivity contribution < 1.29 is 14.3 Å². The van der Waals surface area contributed by atoms with E-state index >= 15 is 0 Å². The maximum Gasteiger partial charge on any atom is 0.410 e. The highest BCUT2D eigenvalue weighted by atomic mass is 16.6. The van der Waals surface area contributed by atoms with E-state index in [-0.39, 0.29) is 18.5 Å². The van der Waals surface area contributed by atoms with Gasteiger partial charge in [0.1, 0.15) is 13.2 Å². The second-order valence-corrected chi connectivity index (χ2v) is 5.62. The van der Waals surface area contributed by atoms with E-state index in [4.69, 9.17) is 4.74 Å². The molecule has 7 nitrogen and oxygen atoms in total. The van der Waals surface area contributed by atoms with Gasteiger partial charge in [0, 0.05) is 18.3 Å². The summed E-state index contributed by atoms with van der Waals surface area (Å²) in [6, 6.07) is -0.00595. The third-order valence-electron chi connectivity index (χ3n) is 4.16. The summed E-state index contributed by atoms with van der Waals surface area (Å²) >= 11 is 0. The fourth-order valence-corrected chi connectivity index (χ4v) is 3.22. The van der Waals surface area contributed by atoms with Crippen LogP contribution in [0.4, 0.5) is 4.79 Å². The molecule has 0 bridgehead atoms. The summed E-state index contributed by atoms with van der Waals surface area (Å²) in [4.78, 5) is 24.9. The fourth-order valence-electron chi connectivity index (χ4n) is 3.22. The third kappa shape index (κ3) is 2.59. The average molecular weight is 292 g/mol. The highest BCUT2D eigenvalue weighted by Gasteiger charge is 2.29. The molecular formula is C14H20N4O3. The Balaban J connectivity index is 1.69. The monoisotopic (exact) mass is 292 g/mol. The molecule has 3 rings (SSSR count). The van der Waals surface area contributed by atoms with E-state index in [1.807, 2.05) is 18.7 Å². The largest absolute Gasteiger partial charge is 0.448 e. The van der Waals surface area contributed by atoms with E-state index in [1.165, 1.54) is 10.6 Å². The number of nitrogens with zero attached hydrogens (tertiary/aromatic N) is 3. The highest BCUT2D eigenvalue weighted by Crippen LogP contribution is 2.31. The number of nitrogens with one attached hydrogen (secondary N) is 1. The summed E-state index contributed by atoms with van der Waals surface area (Å²) in [5.41, 5.74) is 3.31. The molecular weight excluding hydrogens is 272 g/mol. The van der Waals surface area contributed by atoms with Crippen LogP contribution in [-0.2, 0) is 23.0 Å². The van der Waals surface area contributed by atoms with Gasteiger partial charge in [0.25, 0.3) is 0 Å². The number of aryl methyl sites for hydroxylation is 2. The molecule has 21 heavy (non-hydrogen) atoms. The molecule has 1 saturated heterocycles. The van der Waals surface area contributed by atoms with Crippen LogP contribution in [0.1, 0.15) is 35.8 Å². The molecule has 1 aromatic heterocycles. The predicted octanol–water partition coefficient (Wildman–Crippen LogP) is 0.674. The number of carbonyl (C=O) groups is 2. The number of aromatic nitrogens is 2. The van der Waals surface area contributed by atoms with Crippen LogP contribution in [0.5, 0.6) is 0 Å². The number of carbonyl (C=O) groups excluding carboxylic acids is 2. The summed E-state index contributed by atoms with van der Waals surface area (Å²) in [7, 11) is 1.94. The quantitative estimate of drug-likeness (QED) is 0.888. The van der Waals surface area contributed by atoms with Gasteiger partial charge in [-0.05, 0) is 26.2 Å². The number of hydrogen-bond acceptors (Lipinski definition) is 4. The SMILES string of the molecule is Cc1nn(C)c2c1C(NC(=O)CN1CCOC1=O)CCC2. The normalized spacial score (nSPS) is 21.1. The minimum Gasteiger partial charge on any atom is -0.448 e. The lowest BCUT2D eigenvalue weighted by Gasteiger charge is -2.25. The minimum atomic E-state index is -0.410.